The molecule has 0 spiro atoms. The molecule has 1 saturated heterocycles. The van der Waals surface area contributed by atoms with E-state index in [1.807, 2.05) is 19.1 Å². The second-order valence-corrected chi connectivity index (χ2v) is 8.89. The van der Waals surface area contributed by atoms with E-state index in [0.717, 1.165) is 5.56 Å². The van der Waals surface area contributed by atoms with Crippen LogP contribution >= 0.6 is 23.2 Å². The summed E-state index contributed by atoms with van der Waals surface area (Å²) in [4.78, 5) is 23.3. The van der Waals surface area contributed by atoms with Crippen molar-refractivity contribution in [1.82, 2.24) is 5.32 Å². The molecule has 172 valence electrons. The number of aliphatic hydroxyl groups excluding tert-OH is 1. The summed E-state index contributed by atoms with van der Waals surface area (Å²) in [5.74, 6) is -1.02. The van der Waals surface area contributed by atoms with Gasteiger partial charge in [0, 0.05) is 40.4 Å². The average Bonchev–Trinajstić information content (AvgIpc) is 2.72. The van der Waals surface area contributed by atoms with Crippen molar-refractivity contribution in [1.29, 1.82) is 0 Å². The molecule has 1 fully saturated rings. The van der Waals surface area contributed by atoms with Gasteiger partial charge in [0.25, 0.3) is 0 Å². The third-order valence-electron chi connectivity index (χ3n) is 5.29. The molecule has 1 aliphatic heterocycles. The summed E-state index contributed by atoms with van der Waals surface area (Å²) in [6.07, 6.45) is -0.0219. The van der Waals surface area contributed by atoms with Crippen LogP contribution in [-0.2, 0) is 14.3 Å². The van der Waals surface area contributed by atoms with Crippen LogP contribution in [0.5, 0.6) is 5.75 Å². The van der Waals surface area contributed by atoms with E-state index in [4.69, 9.17) is 42.9 Å². The summed E-state index contributed by atoms with van der Waals surface area (Å²) in [5.41, 5.74) is 0.822. The Morgan fingerprint density at radius 2 is 1.78 bits per heavy atom. The van der Waals surface area contributed by atoms with Crippen LogP contribution in [0.3, 0.4) is 0 Å². The number of ether oxygens (including phenoxy) is 2. The van der Waals surface area contributed by atoms with Crippen LogP contribution in [0, 0.1) is 0 Å². The Balaban J connectivity index is 1.96. The first-order valence-corrected chi connectivity index (χ1v) is 10.9. The number of benzene rings is 2. The number of hydrogen-bond donors (Lipinski definition) is 3. The van der Waals surface area contributed by atoms with Gasteiger partial charge in [0.1, 0.15) is 5.75 Å². The molecular formula is C23H25Cl2NO6. The van der Waals surface area contributed by atoms with Crippen molar-refractivity contribution >= 4 is 35.1 Å². The first-order valence-electron chi connectivity index (χ1n) is 10.2. The highest BCUT2D eigenvalue weighted by Gasteiger charge is 2.41. The number of rotatable bonds is 8. The molecule has 3 N–H and O–H groups in total. The molecule has 0 aliphatic carbocycles. The molecule has 3 rings (SSSR count). The van der Waals surface area contributed by atoms with Crippen LogP contribution in [0.25, 0.3) is 0 Å². The maximum atomic E-state index is 12.3. The van der Waals surface area contributed by atoms with Gasteiger partial charge in [0.15, 0.2) is 6.61 Å². The summed E-state index contributed by atoms with van der Waals surface area (Å²) in [6.45, 7) is 1.17. The van der Waals surface area contributed by atoms with Crippen molar-refractivity contribution in [3.63, 3.8) is 0 Å². The first-order chi connectivity index (χ1) is 15.2. The Labute approximate surface area is 196 Å². The molecule has 1 heterocycles. The second-order valence-electron chi connectivity index (χ2n) is 8.02. The van der Waals surface area contributed by atoms with E-state index in [-0.39, 0.29) is 25.0 Å². The standard InChI is InChI=1S/C23H25Cl2NO6/c1-23(26-21(28)8-9-27)11-19(14-2-4-15(24)5-3-14)32-20(12-23)17-10-16(25)6-7-18(17)31-13-22(29)30/h2-7,10,19-20,27H,8-9,11-13H2,1H3,(H,26,28)(H,29,30)/t19-,20+,23-/m0/s1. The van der Waals surface area contributed by atoms with E-state index in [9.17, 15) is 9.59 Å². The largest absolute Gasteiger partial charge is 0.482 e. The maximum absolute atomic E-state index is 12.3. The van der Waals surface area contributed by atoms with E-state index < -0.39 is 24.2 Å². The highest BCUT2D eigenvalue weighted by molar-refractivity contribution is 6.30. The lowest BCUT2D eigenvalue weighted by atomic mass is 9.81. The van der Waals surface area contributed by atoms with Gasteiger partial charge in [0.05, 0.1) is 18.8 Å². The summed E-state index contributed by atoms with van der Waals surface area (Å²) in [7, 11) is 0. The van der Waals surface area contributed by atoms with Gasteiger partial charge in [-0.25, -0.2) is 4.79 Å². The molecule has 0 radical (unpaired) electrons. The average molecular weight is 482 g/mol. The van der Waals surface area contributed by atoms with Crippen LogP contribution in [0.15, 0.2) is 42.5 Å². The predicted molar refractivity (Wildman–Crippen MR) is 120 cm³/mol. The summed E-state index contributed by atoms with van der Waals surface area (Å²) >= 11 is 12.3. The molecule has 2 aromatic rings. The molecule has 1 aliphatic rings. The minimum absolute atomic E-state index is 0.00311. The number of nitrogens with one attached hydrogen (secondary N) is 1. The van der Waals surface area contributed by atoms with Crippen molar-refractivity contribution in [3.8, 4) is 5.75 Å². The lowest BCUT2D eigenvalue weighted by Crippen LogP contribution is -2.51. The third kappa shape index (κ3) is 6.36. The minimum atomic E-state index is -1.10. The number of halogens is 2. The molecule has 32 heavy (non-hydrogen) atoms. The van der Waals surface area contributed by atoms with Gasteiger partial charge in [-0.05, 0) is 42.8 Å². The van der Waals surface area contributed by atoms with Crippen LogP contribution in [0.4, 0.5) is 0 Å². The molecule has 9 heteroatoms. The van der Waals surface area contributed by atoms with Crippen molar-refractivity contribution < 1.29 is 29.3 Å². The molecule has 2 aromatic carbocycles. The zero-order chi connectivity index (χ0) is 23.3. The summed E-state index contributed by atoms with van der Waals surface area (Å²) in [6, 6.07) is 12.2. The number of amides is 1. The van der Waals surface area contributed by atoms with Crippen LogP contribution < -0.4 is 10.1 Å². The number of carboxylic acid groups (broad SMARTS) is 1. The molecule has 0 saturated carbocycles. The Kier molecular flexibility index (Phi) is 8.00. The Morgan fingerprint density at radius 3 is 2.44 bits per heavy atom. The Bertz CT molecular complexity index is 967. The van der Waals surface area contributed by atoms with Gasteiger partial charge >= 0.3 is 5.97 Å². The van der Waals surface area contributed by atoms with E-state index in [1.54, 1.807) is 30.3 Å². The zero-order valence-electron chi connectivity index (χ0n) is 17.5. The Hall–Kier alpha value is -2.32. The van der Waals surface area contributed by atoms with Crippen LogP contribution in [0.1, 0.15) is 49.5 Å². The lowest BCUT2D eigenvalue weighted by molar-refractivity contribution is -0.139. The van der Waals surface area contributed by atoms with E-state index in [0.29, 0.717) is 34.2 Å². The fraction of sp³-hybridized carbons (Fsp3) is 0.391. The maximum Gasteiger partial charge on any atom is 0.341 e. The monoisotopic (exact) mass is 481 g/mol. The number of hydrogen-bond acceptors (Lipinski definition) is 5. The fourth-order valence-electron chi connectivity index (χ4n) is 3.90. The smallest absolute Gasteiger partial charge is 0.341 e. The molecule has 1 amide bonds. The van der Waals surface area contributed by atoms with Crippen molar-refractivity contribution in [2.24, 2.45) is 0 Å². The van der Waals surface area contributed by atoms with Crippen molar-refractivity contribution in [3.05, 3.63) is 63.6 Å². The minimum Gasteiger partial charge on any atom is -0.482 e. The molecule has 0 unspecified atom stereocenters. The SMILES string of the molecule is C[C@]1(NC(=O)CCO)C[C@@H](c2ccc(Cl)cc2)O[C@@H](c2cc(Cl)ccc2OCC(=O)O)C1. The quantitative estimate of drug-likeness (QED) is 0.518. The third-order valence-corrected chi connectivity index (χ3v) is 5.78. The van der Waals surface area contributed by atoms with Gasteiger partial charge < -0.3 is 25.0 Å². The van der Waals surface area contributed by atoms with Gasteiger partial charge in [-0.1, -0.05) is 35.3 Å². The van der Waals surface area contributed by atoms with Crippen molar-refractivity contribution in [2.75, 3.05) is 13.2 Å². The van der Waals surface area contributed by atoms with E-state index in [2.05, 4.69) is 5.32 Å². The number of carbonyl (C=O) groups is 2. The van der Waals surface area contributed by atoms with Gasteiger partial charge in [-0.15, -0.1) is 0 Å². The zero-order valence-corrected chi connectivity index (χ0v) is 19.0. The van der Waals surface area contributed by atoms with E-state index >= 15 is 0 Å². The fourth-order valence-corrected chi connectivity index (χ4v) is 4.20. The highest BCUT2D eigenvalue weighted by atomic mass is 35.5. The van der Waals surface area contributed by atoms with Gasteiger partial charge in [-0.2, -0.15) is 0 Å². The first kappa shape index (κ1) is 24.3. The molecular weight excluding hydrogens is 457 g/mol. The highest BCUT2D eigenvalue weighted by Crippen LogP contribution is 2.46. The lowest BCUT2D eigenvalue weighted by Gasteiger charge is -2.43. The number of aliphatic hydroxyl groups is 1. The number of carbonyl (C=O) groups excluding carboxylic acids is 1. The van der Waals surface area contributed by atoms with Crippen molar-refractivity contribution in [2.45, 2.75) is 43.9 Å². The van der Waals surface area contributed by atoms with Crippen LogP contribution in [0.2, 0.25) is 10.0 Å². The number of carboxylic acids is 1. The normalized spacial score (nSPS) is 22.9. The van der Waals surface area contributed by atoms with E-state index in [1.165, 1.54) is 0 Å². The number of aliphatic carboxylic acids is 1. The molecule has 0 aromatic heterocycles. The summed E-state index contributed by atoms with van der Waals surface area (Å²) < 4.78 is 11.9. The molecule has 3 atom stereocenters. The summed E-state index contributed by atoms with van der Waals surface area (Å²) in [5, 5.41) is 22.2. The molecule has 7 nitrogen and oxygen atoms in total. The second kappa shape index (κ2) is 10.5. The predicted octanol–water partition coefficient (Wildman–Crippen LogP) is 4.31. The topological polar surface area (TPSA) is 105 Å². The molecule has 0 bridgehead atoms. The van der Waals surface area contributed by atoms with Gasteiger partial charge in [-0.3, -0.25) is 4.79 Å². The Morgan fingerprint density at radius 1 is 1.12 bits per heavy atom. The van der Waals surface area contributed by atoms with Gasteiger partial charge in [0.2, 0.25) is 5.91 Å². The van der Waals surface area contributed by atoms with Crippen LogP contribution in [-0.4, -0.2) is 40.8 Å².